The minimum absolute atomic E-state index is 0.0455. The maximum atomic E-state index is 12.7. The monoisotopic (exact) mass is 419 g/mol. The van der Waals surface area contributed by atoms with Crippen molar-refractivity contribution in [3.8, 4) is 5.69 Å². The van der Waals surface area contributed by atoms with Crippen LogP contribution >= 0.6 is 0 Å². The number of carbonyl (C=O) groups is 2. The maximum absolute atomic E-state index is 12.7. The van der Waals surface area contributed by atoms with Crippen molar-refractivity contribution in [3.05, 3.63) is 76.6 Å². The second-order valence-electron chi connectivity index (χ2n) is 8.02. The van der Waals surface area contributed by atoms with Gasteiger partial charge in [0.2, 0.25) is 0 Å². The molecule has 162 valence electrons. The lowest BCUT2D eigenvalue weighted by Crippen LogP contribution is -2.44. The van der Waals surface area contributed by atoms with Crippen molar-refractivity contribution in [2.24, 2.45) is 0 Å². The molecule has 3 rings (SSSR count). The van der Waals surface area contributed by atoms with Crippen LogP contribution in [0.15, 0.2) is 48.7 Å². The van der Waals surface area contributed by atoms with Crippen molar-refractivity contribution in [2.75, 3.05) is 11.9 Å². The van der Waals surface area contributed by atoms with E-state index < -0.39 is 5.91 Å². The van der Waals surface area contributed by atoms with Crippen molar-refractivity contribution >= 4 is 17.5 Å². The molecule has 7 nitrogen and oxygen atoms in total. The number of amides is 2. The zero-order valence-corrected chi connectivity index (χ0v) is 18.6. The molecule has 0 radical (unpaired) electrons. The van der Waals surface area contributed by atoms with Gasteiger partial charge in [-0.1, -0.05) is 49.2 Å². The molecule has 0 saturated heterocycles. The molecule has 0 bridgehead atoms. The number of benzene rings is 2. The summed E-state index contributed by atoms with van der Waals surface area (Å²) in [6.45, 7) is 10.1. The fraction of sp³-hybridized carbons (Fsp3) is 0.292. The van der Waals surface area contributed by atoms with Gasteiger partial charge >= 0.3 is 0 Å². The molecule has 31 heavy (non-hydrogen) atoms. The molecule has 2 amide bonds. The van der Waals surface area contributed by atoms with E-state index in [-0.39, 0.29) is 18.4 Å². The number of hydrazine groups is 1. The molecule has 7 heteroatoms. The van der Waals surface area contributed by atoms with Crippen LogP contribution in [0.3, 0.4) is 0 Å². The Hall–Kier alpha value is -3.61. The highest BCUT2D eigenvalue weighted by molar-refractivity contribution is 5.96. The maximum Gasteiger partial charge on any atom is 0.273 e. The van der Waals surface area contributed by atoms with E-state index in [1.165, 1.54) is 6.20 Å². The third-order valence-corrected chi connectivity index (χ3v) is 5.01. The van der Waals surface area contributed by atoms with Gasteiger partial charge in [-0.25, -0.2) is 4.68 Å². The average molecular weight is 420 g/mol. The van der Waals surface area contributed by atoms with Gasteiger partial charge in [0.1, 0.15) is 0 Å². The molecule has 0 saturated carbocycles. The highest BCUT2D eigenvalue weighted by atomic mass is 16.2. The number of aryl methyl sites for hydroxylation is 3. The van der Waals surface area contributed by atoms with Gasteiger partial charge in [0.05, 0.1) is 29.7 Å². The number of nitrogens with one attached hydrogen (secondary N) is 3. The molecule has 0 unspecified atom stereocenters. The summed E-state index contributed by atoms with van der Waals surface area (Å²) >= 11 is 0. The predicted octanol–water partition coefficient (Wildman–Crippen LogP) is 3.79. The van der Waals surface area contributed by atoms with Gasteiger partial charge in [0.15, 0.2) is 0 Å². The lowest BCUT2D eigenvalue weighted by atomic mass is 10.1. The van der Waals surface area contributed by atoms with Gasteiger partial charge in [-0.3, -0.25) is 20.4 Å². The van der Waals surface area contributed by atoms with Crippen molar-refractivity contribution < 1.29 is 9.59 Å². The summed E-state index contributed by atoms with van der Waals surface area (Å²) in [5.74, 6) is -0.682. The Morgan fingerprint density at radius 2 is 1.65 bits per heavy atom. The van der Waals surface area contributed by atoms with E-state index in [1.807, 2.05) is 77.1 Å². The Morgan fingerprint density at radius 3 is 2.29 bits per heavy atom. The van der Waals surface area contributed by atoms with Gasteiger partial charge < -0.3 is 5.32 Å². The van der Waals surface area contributed by atoms with Gasteiger partial charge in [-0.2, -0.15) is 5.10 Å². The second-order valence-corrected chi connectivity index (χ2v) is 8.02. The highest BCUT2D eigenvalue weighted by Crippen LogP contribution is 2.23. The van der Waals surface area contributed by atoms with Crippen molar-refractivity contribution in [1.82, 2.24) is 20.6 Å². The smallest absolute Gasteiger partial charge is 0.273 e. The number of nitrogens with zero attached hydrogens (tertiary/aromatic N) is 2. The first-order valence-corrected chi connectivity index (χ1v) is 10.3. The summed E-state index contributed by atoms with van der Waals surface area (Å²) in [5, 5.41) is 7.49. The molecule has 0 fully saturated rings. The third-order valence-electron chi connectivity index (χ3n) is 5.01. The van der Waals surface area contributed by atoms with Crippen LogP contribution in [0.1, 0.15) is 52.5 Å². The van der Waals surface area contributed by atoms with Crippen LogP contribution in [0.5, 0.6) is 0 Å². The fourth-order valence-corrected chi connectivity index (χ4v) is 3.41. The minimum Gasteiger partial charge on any atom is -0.376 e. The predicted molar refractivity (Wildman–Crippen MR) is 122 cm³/mol. The van der Waals surface area contributed by atoms with Gasteiger partial charge in [-0.05, 0) is 50.5 Å². The summed E-state index contributed by atoms with van der Waals surface area (Å²) in [5.41, 5.74) is 11.3. The van der Waals surface area contributed by atoms with Crippen molar-refractivity contribution in [2.45, 2.75) is 40.5 Å². The van der Waals surface area contributed by atoms with Crippen LogP contribution < -0.4 is 16.2 Å². The molecule has 0 aliphatic rings. The van der Waals surface area contributed by atoms with Crippen LogP contribution in [0.4, 0.5) is 5.69 Å². The molecule has 1 heterocycles. The average Bonchev–Trinajstić information content (AvgIpc) is 3.17. The summed E-state index contributed by atoms with van der Waals surface area (Å²) in [4.78, 5) is 24.9. The normalized spacial score (nSPS) is 10.8. The number of hydrogen-bond acceptors (Lipinski definition) is 4. The number of carbonyl (C=O) groups excluding carboxylic acids is 2. The Balaban J connectivity index is 1.65. The first-order chi connectivity index (χ1) is 14.8. The summed E-state index contributed by atoms with van der Waals surface area (Å²) < 4.78 is 1.77. The molecule has 3 N–H and O–H groups in total. The number of anilines is 1. The van der Waals surface area contributed by atoms with Crippen LogP contribution in [0, 0.1) is 20.8 Å². The van der Waals surface area contributed by atoms with E-state index >= 15 is 0 Å². The van der Waals surface area contributed by atoms with Gasteiger partial charge in [0, 0.05) is 5.69 Å². The first-order valence-electron chi connectivity index (χ1n) is 10.3. The van der Waals surface area contributed by atoms with E-state index in [2.05, 4.69) is 21.3 Å². The topological polar surface area (TPSA) is 88.1 Å². The molecule has 1 aromatic heterocycles. The van der Waals surface area contributed by atoms with E-state index in [1.54, 1.807) is 4.68 Å². The zero-order valence-electron chi connectivity index (χ0n) is 18.6. The Kier molecular flexibility index (Phi) is 6.74. The number of aromatic nitrogens is 2. The minimum atomic E-state index is -0.401. The van der Waals surface area contributed by atoms with Crippen molar-refractivity contribution in [1.29, 1.82) is 0 Å². The summed E-state index contributed by atoms with van der Waals surface area (Å²) in [7, 11) is 0. The van der Waals surface area contributed by atoms with Crippen LogP contribution in [-0.4, -0.2) is 28.1 Å². The lowest BCUT2D eigenvalue weighted by molar-refractivity contribution is -0.120. The Labute approximate surface area is 182 Å². The molecular formula is C24H29N5O2. The van der Waals surface area contributed by atoms with Crippen LogP contribution in [0.2, 0.25) is 0 Å². The molecule has 0 spiro atoms. The van der Waals surface area contributed by atoms with Gasteiger partial charge in [-0.15, -0.1) is 0 Å². The van der Waals surface area contributed by atoms with Crippen molar-refractivity contribution in [3.63, 3.8) is 0 Å². The second kappa shape index (κ2) is 9.47. The highest BCUT2D eigenvalue weighted by Gasteiger charge is 2.21. The standard InChI is InChI=1S/C24H29N5O2/c1-15(2)23-20(13-26-29(23)19-9-6-16(3)7-10-19)24(31)28-27-22(30)14-25-21-11-8-17(4)12-18(21)5/h6-13,15,25H,14H2,1-5H3,(H,27,30)(H,28,31). The number of rotatable bonds is 6. The Bertz CT molecular complexity index is 1080. The molecule has 3 aromatic rings. The van der Waals surface area contributed by atoms with E-state index in [4.69, 9.17) is 0 Å². The largest absolute Gasteiger partial charge is 0.376 e. The molecule has 0 atom stereocenters. The number of hydrogen-bond donors (Lipinski definition) is 3. The van der Waals surface area contributed by atoms with Gasteiger partial charge in [0.25, 0.3) is 11.8 Å². The first kappa shape index (κ1) is 22.1. The summed E-state index contributed by atoms with van der Waals surface area (Å²) in [6.07, 6.45) is 1.53. The van der Waals surface area contributed by atoms with Crippen LogP contribution in [-0.2, 0) is 4.79 Å². The van der Waals surface area contributed by atoms with E-state index in [0.29, 0.717) is 5.56 Å². The summed E-state index contributed by atoms with van der Waals surface area (Å²) in [6, 6.07) is 13.9. The van der Waals surface area contributed by atoms with E-state index in [9.17, 15) is 9.59 Å². The van der Waals surface area contributed by atoms with E-state index in [0.717, 1.165) is 33.8 Å². The molecule has 0 aliphatic heterocycles. The quantitative estimate of drug-likeness (QED) is 0.531. The fourth-order valence-electron chi connectivity index (χ4n) is 3.41. The molecular weight excluding hydrogens is 390 g/mol. The zero-order chi connectivity index (χ0) is 22.5. The SMILES string of the molecule is Cc1ccc(-n2ncc(C(=O)NNC(=O)CNc3ccc(C)cc3C)c2C(C)C)cc1. The molecule has 0 aliphatic carbocycles. The third kappa shape index (κ3) is 5.31. The molecule has 2 aromatic carbocycles. The Morgan fingerprint density at radius 1 is 0.968 bits per heavy atom. The lowest BCUT2D eigenvalue weighted by Gasteiger charge is -2.14. The van der Waals surface area contributed by atoms with Crippen LogP contribution in [0.25, 0.3) is 5.69 Å².